The summed E-state index contributed by atoms with van der Waals surface area (Å²) in [7, 11) is -1.93. The highest BCUT2D eigenvalue weighted by Crippen LogP contribution is 2.43. The van der Waals surface area contributed by atoms with Crippen LogP contribution in [0.4, 0.5) is 0 Å². The van der Waals surface area contributed by atoms with Crippen molar-refractivity contribution in [2.75, 3.05) is 0 Å². The SMILES string of the molecule is CC(C)[Si](Oc1cc(Cl)cc(Cl)c1)(C(C)C)C(C)C. The van der Waals surface area contributed by atoms with Gasteiger partial charge in [0.1, 0.15) is 5.75 Å². The van der Waals surface area contributed by atoms with Gasteiger partial charge >= 0.3 is 0 Å². The van der Waals surface area contributed by atoms with E-state index in [-0.39, 0.29) is 0 Å². The molecule has 0 radical (unpaired) electrons. The molecule has 0 atom stereocenters. The molecular weight excluding hydrogens is 295 g/mol. The van der Waals surface area contributed by atoms with Crippen molar-refractivity contribution in [1.82, 2.24) is 0 Å². The molecule has 0 saturated heterocycles. The Morgan fingerprint density at radius 2 is 1.16 bits per heavy atom. The van der Waals surface area contributed by atoms with Crippen LogP contribution in [0, 0.1) is 0 Å². The Kier molecular flexibility index (Phi) is 5.78. The van der Waals surface area contributed by atoms with Crippen molar-refractivity contribution >= 4 is 31.5 Å². The smallest absolute Gasteiger partial charge is 0.258 e. The topological polar surface area (TPSA) is 9.23 Å². The van der Waals surface area contributed by atoms with Crippen LogP contribution in [0.5, 0.6) is 5.75 Å². The molecule has 0 spiro atoms. The van der Waals surface area contributed by atoms with Gasteiger partial charge in [0, 0.05) is 10.0 Å². The third-order valence-electron chi connectivity index (χ3n) is 3.84. The van der Waals surface area contributed by atoms with Gasteiger partial charge in [-0.3, -0.25) is 0 Å². The highest BCUT2D eigenvalue weighted by Gasteiger charge is 2.47. The molecule has 1 aromatic rings. The minimum absolute atomic E-state index is 0.533. The monoisotopic (exact) mass is 318 g/mol. The van der Waals surface area contributed by atoms with E-state index in [2.05, 4.69) is 41.5 Å². The predicted molar refractivity (Wildman–Crippen MR) is 88.1 cm³/mol. The lowest BCUT2D eigenvalue weighted by atomic mass is 10.3. The quantitative estimate of drug-likeness (QED) is 0.559. The number of halogens is 2. The normalized spacial score (nSPS) is 12.6. The molecule has 0 aromatic heterocycles. The Hall–Kier alpha value is -0.183. The number of hydrogen-bond acceptors (Lipinski definition) is 1. The number of rotatable bonds is 5. The van der Waals surface area contributed by atoms with Crippen molar-refractivity contribution < 1.29 is 4.43 Å². The molecule has 108 valence electrons. The first kappa shape index (κ1) is 16.9. The lowest BCUT2D eigenvalue weighted by Crippen LogP contribution is -2.50. The Balaban J connectivity index is 3.20. The zero-order chi connectivity index (χ0) is 14.8. The van der Waals surface area contributed by atoms with Gasteiger partial charge in [0.05, 0.1) is 0 Å². The largest absolute Gasteiger partial charge is 0.543 e. The van der Waals surface area contributed by atoms with Crippen molar-refractivity contribution in [3.63, 3.8) is 0 Å². The van der Waals surface area contributed by atoms with Crippen molar-refractivity contribution in [2.24, 2.45) is 0 Å². The predicted octanol–water partition coefficient (Wildman–Crippen LogP) is 6.55. The molecule has 0 fully saturated rings. The molecule has 4 heteroatoms. The molecule has 19 heavy (non-hydrogen) atoms. The molecule has 0 aliphatic carbocycles. The van der Waals surface area contributed by atoms with Gasteiger partial charge in [0.25, 0.3) is 8.32 Å². The molecule has 0 N–H and O–H groups in total. The lowest BCUT2D eigenvalue weighted by molar-refractivity contribution is 0.480. The Bertz CT molecular complexity index is 388. The lowest BCUT2D eigenvalue weighted by Gasteiger charge is -2.42. The molecule has 0 amide bonds. The van der Waals surface area contributed by atoms with E-state index in [4.69, 9.17) is 27.6 Å². The summed E-state index contributed by atoms with van der Waals surface area (Å²) in [5.41, 5.74) is 1.60. The van der Waals surface area contributed by atoms with Crippen LogP contribution in [0.15, 0.2) is 18.2 Å². The molecule has 0 aliphatic rings. The van der Waals surface area contributed by atoms with E-state index >= 15 is 0 Å². The molecule has 0 saturated carbocycles. The summed E-state index contributed by atoms with van der Waals surface area (Å²) in [4.78, 5) is 0. The fraction of sp³-hybridized carbons (Fsp3) is 0.600. The van der Waals surface area contributed by atoms with Crippen molar-refractivity contribution in [1.29, 1.82) is 0 Å². The van der Waals surface area contributed by atoms with Crippen LogP contribution in [0.3, 0.4) is 0 Å². The fourth-order valence-electron chi connectivity index (χ4n) is 3.15. The molecule has 0 unspecified atom stereocenters. The summed E-state index contributed by atoms with van der Waals surface area (Å²) < 4.78 is 6.52. The van der Waals surface area contributed by atoms with Gasteiger partial charge in [0.15, 0.2) is 0 Å². The van der Waals surface area contributed by atoms with E-state index in [9.17, 15) is 0 Å². The van der Waals surface area contributed by atoms with Gasteiger partial charge in [-0.25, -0.2) is 0 Å². The van der Waals surface area contributed by atoms with Gasteiger partial charge in [0.2, 0.25) is 0 Å². The van der Waals surface area contributed by atoms with Gasteiger partial charge in [-0.05, 0) is 34.8 Å². The van der Waals surface area contributed by atoms with E-state index in [1.165, 1.54) is 0 Å². The molecule has 1 aromatic carbocycles. The van der Waals surface area contributed by atoms with E-state index in [0.717, 1.165) is 5.75 Å². The summed E-state index contributed by atoms with van der Waals surface area (Å²) in [5, 5.41) is 1.25. The maximum atomic E-state index is 6.52. The first-order chi connectivity index (χ1) is 8.70. The van der Waals surface area contributed by atoms with E-state index in [1.807, 2.05) is 12.1 Å². The second-order valence-electron chi connectivity index (χ2n) is 6.02. The average molecular weight is 319 g/mol. The van der Waals surface area contributed by atoms with E-state index < -0.39 is 8.32 Å². The van der Waals surface area contributed by atoms with Gasteiger partial charge in [-0.1, -0.05) is 64.7 Å². The molecule has 1 rings (SSSR count). The van der Waals surface area contributed by atoms with Crippen molar-refractivity contribution in [3.8, 4) is 5.75 Å². The van der Waals surface area contributed by atoms with E-state index in [1.54, 1.807) is 6.07 Å². The highest BCUT2D eigenvalue weighted by molar-refractivity contribution is 6.78. The van der Waals surface area contributed by atoms with Crippen LogP contribution in [0.25, 0.3) is 0 Å². The highest BCUT2D eigenvalue weighted by atomic mass is 35.5. The maximum absolute atomic E-state index is 6.52. The zero-order valence-corrected chi connectivity index (χ0v) is 15.1. The summed E-state index contributed by atoms with van der Waals surface area (Å²) in [6, 6.07) is 5.46. The second-order valence-corrected chi connectivity index (χ2v) is 12.3. The van der Waals surface area contributed by atoms with Crippen LogP contribution in [-0.2, 0) is 0 Å². The van der Waals surface area contributed by atoms with Crippen LogP contribution in [0.2, 0.25) is 26.7 Å². The molecule has 0 bridgehead atoms. The van der Waals surface area contributed by atoms with Crippen LogP contribution < -0.4 is 4.43 Å². The first-order valence-electron chi connectivity index (χ1n) is 6.85. The van der Waals surface area contributed by atoms with Crippen molar-refractivity contribution in [2.45, 2.75) is 58.2 Å². The van der Waals surface area contributed by atoms with E-state index in [0.29, 0.717) is 26.7 Å². The summed E-state index contributed by atoms with van der Waals surface area (Å²) in [6.07, 6.45) is 0. The fourth-order valence-corrected chi connectivity index (χ4v) is 8.88. The molecule has 0 aliphatic heterocycles. The minimum atomic E-state index is -1.93. The van der Waals surface area contributed by atoms with Crippen LogP contribution in [-0.4, -0.2) is 8.32 Å². The summed E-state index contributed by atoms with van der Waals surface area (Å²) in [5.74, 6) is 0.806. The zero-order valence-electron chi connectivity index (χ0n) is 12.6. The third-order valence-corrected chi connectivity index (χ3v) is 10.3. The summed E-state index contributed by atoms with van der Waals surface area (Å²) >= 11 is 12.1. The Morgan fingerprint density at radius 1 is 0.789 bits per heavy atom. The molecule has 0 heterocycles. The Labute approximate surface area is 128 Å². The number of hydrogen-bond donors (Lipinski definition) is 0. The van der Waals surface area contributed by atoms with Gasteiger partial charge in [-0.2, -0.15) is 0 Å². The number of benzene rings is 1. The average Bonchev–Trinajstić information content (AvgIpc) is 2.22. The third kappa shape index (κ3) is 3.68. The van der Waals surface area contributed by atoms with Gasteiger partial charge in [-0.15, -0.1) is 0 Å². The first-order valence-corrected chi connectivity index (χ1v) is 9.74. The van der Waals surface area contributed by atoms with Crippen molar-refractivity contribution in [3.05, 3.63) is 28.2 Å². The van der Waals surface area contributed by atoms with Crippen LogP contribution >= 0.6 is 23.2 Å². The second kappa shape index (κ2) is 6.51. The summed E-state index contributed by atoms with van der Waals surface area (Å²) in [6.45, 7) is 13.6. The molecule has 1 nitrogen and oxygen atoms in total. The standard InChI is InChI=1S/C15H24Cl2OSi/c1-10(2)19(11(3)4,12(5)6)18-15-8-13(16)7-14(17)9-15/h7-12H,1-6H3. The van der Waals surface area contributed by atoms with Crippen LogP contribution in [0.1, 0.15) is 41.5 Å². The van der Waals surface area contributed by atoms with Gasteiger partial charge < -0.3 is 4.43 Å². The molecular formula is C15H24Cl2OSi. The Morgan fingerprint density at radius 3 is 1.47 bits per heavy atom. The maximum Gasteiger partial charge on any atom is 0.258 e. The minimum Gasteiger partial charge on any atom is -0.543 e.